The minimum absolute atomic E-state index is 0.00182. The van der Waals surface area contributed by atoms with Gasteiger partial charge in [-0.1, -0.05) is 23.2 Å². The Hall–Kier alpha value is -2.25. The van der Waals surface area contributed by atoms with Crippen molar-refractivity contribution in [2.75, 3.05) is 12.8 Å². The number of methoxy groups -OCH3 is 1. The number of hydrogen-bond acceptors (Lipinski definition) is 6. The molecule has 21 heavy (non-hydrogen) atoms. The van der Waals surface area contributed by atoms with E-state index in [1.54, 1.807) is 0 Å². The molecule has 0 saturated carbocycles. The van der Waals surface area contributed by atoms with Crippen molar-refractivity contribution < 1.29 is 14.4 Å². The Bertz CT molecular complexity index is 709. The van der Waals surface area contributed by atoms with Gasteiger partial charge in [-0.25, -0.2) is 0 Å². The van der Waals surface area contributed by atoms with Crippen molar-refractivity contribution in [1.82, 2.24) is 4.98 Å². The molecule has 0 saturated heterocycles. The summed E-state index contributed by atoms with van der Waals surface area (Å²) in [6.07, 6.45) is 0. The maximum atomic E-state index is 10.9. The number of anilines is 1. The Balaban J connectivity index is 2.38. The van der Waals surface area contributed by atoms with Crippen molar-refractivity contribution in [3.8, 4) is 17.4 Å². The van der Waals surface area contributed by atoms with E-state index in [0.29, 0.717) is 0 Å². The largest absolute Gasteiger partial charge is 0.490 e. The van der Waals surface area contributed by atoms with Crippen LogP contribution in [0.1, 0.15) is 0 Å². The second kappa shape index (κ2) is 6.02. The fourth-order valence-electron chi connectivity index (χ4n) is 1.52. The van der Waals surface area contributed by atoms with Gasteiger partial charge in [0.1, 0.15) is 16.6 Å². The van der Waals surface area contributed by atoms with Crippen LogP contribution < -0.4 is 15.2 Å². The lowest BCUT2D eigenvalue weighted by Gasteiger charge is -2.09. The number of pyridine rings is 1. The molecule has 2 N–H and O–H groups in total. The number of nitrogens with two attached hydrogens (primary N) is 1. The van der Waals surface area contributed by atoms with E-state index in [-0.39, 0.29) is 38.9 Å². The fraction of sp³-hybridized carbons (Fsp3) is 0.0833. The molecule has 1 aromatic heterocycles. The summed E-state index contributed by atoms with van der Waals surface area (Å²) in [4.78, 5) is 14.2. The van der Waals surface area contributed by atoms with Gasteiger partial charge in [-0.05, 0) is 18.2 Å². The average molecular weight is 330 g/mol. The topological polar surface area (TPSA) is 101 Å². The van der Waals surface area contributed by atoms with Crippen molar-refractivity contribution in [3.05, 3.63) is 44.4 Å². The lowest BCUT2D eigenvalue weighted by molar-refractivity contribution is -0.385. The molecule has 2 rings (SSSR count). The number of halogens is 2. The molecule has 7 nitrogen and oxygen atoms in total. The zero-order valence-electron chi connectivity index (χ0n) is 10.7. The normalized spacial score (nSPS) is 10.2. The van der Waals surface area contributed by atoms with Gasteiger partial charge in [0.15, 0.2) is 5.75 Å². The molecular weight excluding hydrogens is 321 g/mol. The van der Waals surface area contributed by atoms with Crippen LogP contribution in [0.4, 0.5) is 11.5 Å². The summed E-state index contributed by atoms with van der Waals surface area (Å²) >= 11 is 11.7. The summed E-state index contributed by atoms with van der Waals surface area (Å²) in [7, 11) is 1.33. The van der Waals surface area contributed by atoms with Gasteiger partial charge in [0.2, 0.25) is 5.88 Å². The van der Waals surface area contributed by atoms with Gasteiger partial charge in [-0.2, -0.15) is 4.98 Å². The standard InChI is InChI=1S/C12H9Cl2N3O4/c1-20-10-3-2-6(4-9(10)17(18)19)21-12-8(14)5-7(13)11(15)16-12/h2-5H,1H3,(H2,15,16). The number of ether oxygens (including phenoxy) is 2. The number of nitro benzene ring substituents is 1. The molecule has 0 radical (unpaired) electrons. The Morgan fingerprint density at radius 1 is 1.29 bits per heavy atom. The predicted molar refractivity (Wildman–Crippen MR) is 78.4 cm³/mol. The molecule has 9 heteroatoms. The lowest BCUT2D eigenvalue weighted by atomic mass is 10.3. The molecule has 0 aliphatic rings. The SMILES string of the molecule is COc1ccc(Oc2nc(N)c(Cl)cc2Cl)cc1[N+](=O)[O-]. The second-order valence-electron chi connectivity index (χ2n) is 3.84. The molecule has 0 atom stereocenters. The molecule has 0 spiro atoms. The zero-order valence-corrected chi connectivity index (χ0v) is 12.2. The average Bonchev–Trinajstić information content (AvgIpc) is 2.44. The van der Waals surface area contributed by atoms with Crippen molar-refractivity contribution in [2.24, 2.45) is 0 Å². The third-order valence-electron chi connectivity index (χ3n) is 2.49. The summed E-state index contributed by atoms with van der Waals surface area (Å²) in [5.74, 6) is 0.317. The van der Waals surface area contributed by atoms with Gasteiger partial charge in [0.05, 0.1) is 23.1 Å². The number of nitrogens with zero attached hydrogens (tertiary/aromatic N) is 2. The van der Waals surface area contributed by atoms with Crippen LogP contribution in [0.15, 0.2) is 24.3 Å². The van der Waals surface area contributed by atoms with E-state index in [1.165, 1.54) is 31.4 Å². The quantitative estimate of drug-likeness (QED) is 0.678. The van der Waals surface area contributed by atoms with Crippen LogP contribution in [0.5, 0.6) is 17.4 Å². The van der Waals surface area contributed by atoms with E-state index in [1.807, 2.05) is 0 Å². The highest BCUT2D eigenvalue weighted by atomic mass is 35.5. The molecule has 2 aromatic rings. The van der Waals surface area contributed by atoms with Crippen LogP contribution in [0, 0.1) is 10.1 Å². The van der Waals surface area contributed by atoms with E-state index in [9.17, 15) is 10.1 Å². The Labute approximate surface area is 129 Å². The van der Waals surface area contributed by atoms with Gasteiger partial charge in [-0.15, -0.1) is 0 Å². The Morgan fingerprint density at radius 3 is 2.62 bits per heavy atom. The lowest BCUT2D eigenvalue weighted by Crippen LogP contribution is -1.97. The van der Waals surface area contributed by atoms with Gasteiger partial charge in [0, 0.05) is 0 Å². The molecular formula is C12H9Cl2N3O4. The monoisotopic (exact) mass is 329 g/mol. The molecule has 0 amide bonds. The molecule has 1 heterocycles. The van der Waals surface area contributed by atoms with Crippen molar-refractivity contribution in [3.63, 3.8) is 0 Å². The first-order valence-electron chi connectivity index (χ1n) is 5.54. The van der Waals surface area contributed by atoms with Crippen LogP contribution in [0.2, 0.25) is 10.0 Å². The summed E-state index contributed by atoms with van der Waals surface area (Å²) in [5, 5.41) is 11.3. The minimum Gasteiger partial charge on any atom is -0.490 e. The molecule has 0 aliphatic heterocycles. The molecule has 0 fully saturated rings. The third kappa shape index (κ3) is 3.26. The highest BCUT2D eigenvalue weighted by Crippen LogP contribution is 2.36. The summed E-state index contributed by atoms with van der Waals surface area (Å²) < 4.78 is 10.3. The van der Waals surface area contributed by atoms with Crippen LogP contribution in [-0.2, 0) is 0 Å². The van der Waals surface area contributed by atoms with Crippen LogP contribution >= 0.6 is 23.2 Å². The summed E-state index contributed by atoms with van der Waals surface area (Å²) in [5.41, 5.74) is 5.31. The molecule has 1 aromatic carbocycles. The highest BCUT2D eigenvalue weighted by Gasteiger charge is 2.17. The molecule has 110 valence electrons. The van der Waals surface area contributed by atoms with E-state index < -0.39 is 4.92 Å². The Kier molecular flexibility index (Phi) is 4.35. The maximum absolute atomic E-state index is 10.9. The first kappa shape index (κ1) is 15.1. The van der Waals surface area contributed by atoms with E-state index in [2.05, 4.69) is 4.98 Å². The van der Waals surface area contributed by atoms with Crippen LogP contribution in [-0.4, -0.2) is 17.0 Å². The zero-order chi connectivity index (χ0) is 15.6. The van der Waals surface area contributed by atoms with Gasteiger partial charge in [0.25, 0.3) is 0 Å². The highest BCUT2D eigenvalue weighted by molar-refractivity contribution is 6.36. The van der Waals surface area contributed by atoms with Crippen LogP contribution in [0.25, 0.3) is 0 Å². The summed E-state index contributed by atoms with van der Waals surface area (Å²) in [6, 6.07) is 5.45. The van der Waals surface area contributed by atoms with Crippen molar-refractivity contribution >= 4 is 34.7 Å². The number of nitro groups is 1. The van der Waals surface area contributed by atoms with Crippen LogP contribution in [0.3, 0.4) is 0 Å². The smallest absolute Gasteiger partial charge is 0.314 e. The summed E-state index contributed by atoms with van der Waals surface area (Å²) in [6.45, 7) is 0. The number of hydrogen-bond donors (Lipinski definition) is 1. The predicted octanol–water partition coefficient (Wildman–Crippen LogP) is 3.68. The van der Waals surface area contributed by atoms with E-state index >= 15 is 0 Å². The maximum Gasteiger partial charge on any atom is 0.314 e. The molecule has 0 unspecified atom stereocenters. The van der Waals surface area contributed by atoms with Crippen molar-refractivity contribution in [2.45, 2.75) is 0 Å². The third-order valence-corrected chi connectivity index (χ3v) is 3.06. The van der Waals surface area contributed by atoms with E-state index in [4.69, 9.17) is 38.4 Å². The number of benzene rings is 1. The Morgan fingerprint density at radius 2 is 2.00 bits per heavy atom. The molecule has 0 bridgehead atoms. The van der Waals surface area contributed by atoms with Gasteiger partial charge in [-0.3, -0.25) is 10.1 Å². The van der Waals surface area contributed by atoms with Gasteiger partial charge >= 0.3 is 5.69 Å². The minimum atomic E-state index is -0.586. The van der Waals surface area contributed by atoms with Crippen molar-refractivity contribution in [1.29, 1.82) is 0 Å². The second-order valence-corrected chi connectivity index (χ2v) is 4.65. The number of aromatic nitrogens is 1. The van der Waals surface area contributed by atoms with Gasteiger partial charge < -0.3 is 15.2 Å². The fourth-order valence-corrected chi connectivity index (χ4v) is 1.92. The first-order chi connectivity index (χ1) is 9.92. The number of nitrogen functional groups attached to an aromatic ring is 1. The molecule has 0 aliphatic carbocycles. The van der Waals surface area contributed by atoms with E-state index in [0.717, 1.165) is 0 Å². The number of rotatable bonds is 4. The first-order valence-corrected chi connectivity index (χ1v) is 6.29.